The fourth-order valence-electron chi connectivity index (χ4n) is 2.12. The van der Waals surface area contributed by atoms with E-state index in [0.29, 0.717) is 22.8 Å². The monoisotopic (exact) mass is 333 g/mol. The van der Waals surface area contributed by atoms with Crippen LogP contribution in [0.15, 0.2) is 34.7 Å². The zero-order chi connectivity index (χ0) is 17.9. The molecule has 8 heteroatoms. The number of aliphatic hydroxyl groups is 1. The van der Waals surface area contributed by atoms with Gasteiger partial charge in [-0.1, -0.05) is 6.07 Å². The third kappa shape index (κ3) is 4.11. The molecule has 0 bridgehead atoms. The molecule has 1 aromatic carbocycles. The fraction of sp³-hybridized carbons (Fsp3) is 0.312. The van der Waals surface area contributed by atoms with Gasteiger partial charge in [-0.25, -0.2) is 4.79 Å². The number of nitrogens with one attached hydrogen (secondary N) is 2. The molecule has 0 saturated heterocycles. The maximum Gasteiger partial charge on any atom is 0.319 e. The van der Waals surface area contributed by atoms with Crippen LogP contribution >= 0.6 is 0 Å². The minimum Gasteiger partial charge on any atom is -0.463 e. The average Bonchev–Trinajstić information content (AvgIpc) is 2.94. The number of rotatable bonds is 5. The minimum atomic E-state index is -1.37. The summed E-state index contributed by atoms with van der Waals surface area (Å²) < 4.78 is 5.36. The summed E-state index contributed by atoms with van der Waals surface area (Å²) >= 11 is 0. The number of benzene rings is 1. The van der Waals surface area contributed by atoms with Crippen molar-refractivity contribution in [3.8, 4) is 0 Å². The van der Waals surface area contributed by atoms with Crippen LogP contribution in [0.1, 0.15) is 24.0 Å². The van der Waals surface area contributed by atoms with E-state index in [2.05, 4.69) is 10.6 Å². The van der Waals surface area contributed by atoms with E-state index in [4.69, 9.17) is 4.42 Å². The second-order valence-corrected chi connectivity index (χ2v) is 5.75. The molecule has 1 aromatic heterocycles. The second-order valence-electron chi connectivity index (χ2n) is 5.75. The van der Waals surface area contributed by atoms with Gasteiger partial charge in [0.25, 0.3) is 5.69 Å². The van der Waals surface area contributed by atoms with Gasteiger partial charge in [-0.3, -0.25) is 10.1 Å². The summed E-state index contributed by atoms with van der Waals surface area (Å²) in [6.07, 6.45) is 0. The van der Waals surface area contributed by atoms with Crippen molar-refractivity contribution >= 4 is 17.4 Å². The van der Waals surface area contributed by atoms with Gasteiger partial charge in [0, 0.05) is 17.3 Å². The summed E-state index contributed by atoms with van der Waals surface area (Å²) in [5.41, 5.74) is -0.656. The Morgan fingerprint density at radius 3 is 2.62 bits per heavy atom. The van der Waals surface area contributed by atoms with Crippen LogP contribution < -0.4 is 10.6 Å². The Bertz CT molecular complexity index is 767. The second kappa shape index (κ2) is 6.71. The Labute approximate surface area is 138 Å². The number of nitrogens with zero attached hydrogens (tertiary/aromatic N) is 1. The van der Waals surface area contributed by atoms with E-state index < -0.39 is 16.6 Å². The number of carbonyl (C=O) groups is 1. The van der Waals surface area contributed by atoms with E-state index in [1.165, 1.54) is 13.0 Å². The highest BCUT2D eigenvalue weighted by Gasteiger charge is 2.27. The van der Waals surface area contributed by atoms with E-state index >= 15 is 0 Å². The molecular weight excluding hydrogens is 314 g/mol. The third-order valence-electron chi connectivity index (χ3n) is 3.53. The molecule has 8 nitrogen and oxygen atoms in total. The van der Waals surface area contributed by atoms with Gasteiger partial charge < -0.3 is 20.2 Å². The van der Waals surface area contributed by atoms with Gasteiger partial charge in [0.2, 0.25) is 0 Å². The van der Waals surface area contributed by atoms with Crippen LogP contribution in [0.2, 0.25) is 0 Å². The number of aryl methyl sites for hydroxylation is 2. The van der Waals surface area contributed by atoms with E-state index in [1.807, 2.05) is 0 Å². The standard InChI is InChI=1S/C16H19N3O5/c1-10-4-6-12(8-13(10)19(22)23)18-15(20)17-9-16(3,21)14-7-5-11(2)24-14/h4-8,21H,9H2,1-3H3,(H2,17,18,20). The first-order chi connectivity index (χ1) is 11.2. The number of hydrogen-bond donors (Lipinski definition) is 3. The number of furan rings is 1. The summed E-state index contributed by atoms with van der Waals surface area (Å²) in [6, 6.07) is 7.17. The lowest BCUT2D eigenvalue weighted by Crippen LogP contribution is -2.40. The van der Waals surface area contributed by atoms with Gasteiger partial charge in [-0.2, -0.15) is 0 Å². The zero-order valence-electron chi connectivity index (χ0n) is 13.6. The van der Waals surface area contributed by atoms with Crippen molar-refractivity contribution in [3.05, 3.63) is 57.5 Å². The SMILES string of the molecule is Cc1ccc(C(C)(O)CNC(=O)Nc2ccc(C)c([N+](=O)[O-])c2)o1. The molecule has 0 fully saturated rings. The first-order valence-electron chi connectivity index (χ1n) is 7.28. The first kappa shape index (κ1) is 17.5. The third-order valence-corrected chi connectivity index (χ3v) is 3.53. The Morgan fingerprint density at radius 2 is 2.04 bits per heavy atom. The van der Waals surface area contributed by atoms with Crippen molar-refractivity contribution in [2.45, 2.75) is 26.4 Å². The van der Waals surface area contributed by atoms with Crippen molar-refractivity contribution in [1.29, 1.82) is 0 Å². The van der Waals surface area contributed by atoms with Crippen molar-refractivity contribution in [1.82, 2.24) is 5.32 Å². The number of hydrogen-bond acceptors (Lipinski definition) is 5. The highest BCUT2D eigenvalue weighted by atomic mass is 16.6. The number of amides is 2. The molecule has 24 heavy (non-hydrogen) atoms. The summed E-state index contributed by atoms with van der Waals surface area (Å²) in [6.45, 7) is 4.80. The van der Waals surface area contributed by atoms with Gasteiger partial charge in [-0.05, 0) is 39.0 Å². The Kier molecular flexibility index (Phi) is 4.89. The van der Waals surface area contributed by atoms with Crippen molar-refractivity contribution in [3.63, 3.8) is 0 Å². The van der Waals surface area contributed by atoms with Crippen LogP contribution in [0.25, 0.3) is 0 Å². The molecule has 0 aliphatic carbocycles. The zero-order valence-corrected chi connectivity index (χ0v) is 13.6. The molecule has 1 unspecified atom stereocenters. The molecule has 0 spiro atoms. The average molecular weight is 333 g/mol. The van der Waals surface area contributed by atoms with Crippen molar-refractivity contribution < 1.29 is 19.2 Å². The molecule has 0 aliphatic rings. The van der Waals surface area contributed by atoms with E-state index in [0.717, 1.165) is 0 Å². The Morgan fingerprint density at radius 1 is 1.33 bits per heavy atom. The molecule has 3 N–H and O–H groups in total. The molecule has 0 aliphatic heterocycles. The molecule has 2 aromatic rings. The van der Waals surface area contributed by atoms with Crippen LogP contribution in [0.5, 0.6) is 0 Å². The lowest BCUT2D eigenvalue weighted by molar-refractivity contribution is -0.385. The first-order valence-corrected chi connectivity index (χ1v) is 7.28. The van der Waals surface area contributed by atoms with E-state index in [1.54, 1.807) is 38.1 Å². The highest BCUT2D eigenvalue weighted by Crippen LogP contribution is 2.23. The summed E-state index contributed by atoms with van der Waals surface area (Å²) in [7, 11) is 0. The van der Waals surface area contributed by atoms with Crippen LogP contribution in [-0.4, -0.2) is 22.6 Å². The van der Waals surface area contributed by atoms with Crippen LogP contribution in [0.3, 0.4) is 0 Å². The lowest BCUT2D eigenvalue weighted by atomic mass is 10.0. The number of nitro groups is 1. The van der Waals surface area contributed by atoms with Crippen LogP contribution in [-0.2, 0) is 5.60 Å². The predicted molar refractivity (Wildman–Crippen MR) is 87.9 cm³/mol. The topological polar surface area (TPSA) is 118 Å². The smallest absolute Gasteiger partial charge is 0.319 e. The molecule has 1 heterocycles. The number of anilines is 1. The Hall–Kier alpha value is -2.87. The quantitative estimate of drug-likeness (QED) is 0.574. The van der Waals surface area contributed by atoms with E-state index in [-0.39, 0.29) is 12.2 Å². The van der Waals surface area contributed by atoms with Gasteiger partial charge >= 0.3 is 6.03 Å². The molecule has 2 rings (SSSR count). The van der Waals surface area contributed by atoms with Gasteiger partial charge in [0.1, 0.15) is 17.1 Å². The lowest BCUT2D eigenvalue weighted by Gasteiger charge is -2.21. The van der Waals surface area contributed by atoms with Gasteiger partial charge in [0.05, 0.1) is 11.5 Å². The molecule has 1 atom stereocenters. The number of nitro benzene ring substituents is 1. The molecule has 128 valence electrons. The van der Waals surface area contributed by atoms with Crippen molar-refractivity contribution in [2.24, 2.45) is 0 Å². The van der Waals surface area contributed by atoms with Crippen LogP contribution in [0.4, 0.5) is 16.2 Å². The summed E-state index contributed by atoms with van der Waals surface area (Å²) in [4.78, 5) is 22.3. The molecule has 0 saturated carbocycles. The fourth-order valence-corrected chi connectivity index (χ4v) is 2.12. The maximum absolute atomic E-state index is 11.9. The minimum absolute atomic E-state index is 0.0779. The summed E-state index contributed by atoms with van der Waals surface area (Å²) in [5, 5.41) is 26.3. The van der Waals surface area contributed by atoms with Gasteiger partial charge in [0.15, 0.2) is 0 Å². The largest absolute Gasteiger partial charge is 0.463 e. The normalized spacial score (nSPS) is 13.2. The number of carbonyl (C=O) groups excluding carboxylic acids is 1. The van der Waals surface area contributed by atoms with Crippen LogP contribution in [0, 0.1) is 24.0 Å². The van der Waals surface area contributed by atoms with Gasteiger partial charge in [-0.15, -0.1) is 0 Å². The molecular formula is C16H19N3O5. The number of urea groups is 1. The maximum atomic E-state index is 11.9. The molecule has 0 radical (unpaired) electrons. The predicted octanol–water partition coefficient (Wildman–Crippen LogP) is 2.83. The summed E-state index contributed by atoms with van der Waals surface area (Å²) in [5.74, 6) is 0.993. The van der Waals surface area contributed by atoms with E-state index in [9.17, 15) is 20.0 Å². The van der Waals surface area contributed by atoms with Crippen molar-refractivity contribution in [2.75, 3.05) is 11.9 Å². The highest BCUT2D eigenvalue weighted by molar-refractivity contribution is 5.89. The Balaban J connectivity index is 1.98. The molecule has 2 amide bonds.